The van der Waals surface area contributed by atoms with Crippen LogP contribution in [0.3, 0.4) is 0 Å². The Kier molecular flexibility index (Phi) is 8.67. The van der Waals surface area contributed by atoms with Gasteiger partial charge in [-0.1, -0.05) is 42.1 Å². The van der Waals surface area contributed by atoms with Crippen LogP contribution in [0.5, 0.6) is 0 Å². The Labute approximate surface area is 170 Å². The van der Waals surface area contributed by atoms with E-state index < -0.39 is 0 Å². The summed E-state index contributed by atoms with van der Waals surface area (Å²) in [5, 5.41) is 0.768. The van der Waals surface area contributed by atoms with Crippen molar-refractivity contribution in [3.8, 4) is 12.3 Å². The first-order valence-electron chi connectivity index (χ1n) is 8.78. The molecule has 0 amide bonds. The van der Waals surface area contributed by atoms with Gasteiger partial charge in [-0.25, -0.2) is 14.4 Å². The van der Waals surface area contributed by atoms with E-state index >= 15 is 0 Å². The number of rotatable bonds is 8. The van der Waals surface area contributed by atoms with Crippen molar-refractivity contribution in [3.05, 3.63) is 77.0 Å². The molecule has 0 unspecified atom stereocenters. The lowest BCUT2D eigenvalue weighted by molar-refractivity contribution is 0.234. The quantitative estimate of drug-likeness (QED) is 0.334. The van der Waals surface area contributed by atoms with Crippen LogP contribution < -0.4 is 0 Å². The number of benzene rings is 1. The minimum absolute atomic E-state index is 0.226. The number of terminal acetylenes is 1. The van der Waals surface area contributed by atoms with Crippen LogP contribution in [0.25, 0.3) is 6.08 Å². The van der Waals surface area contributed by atoms with Gasteiger partial charge in [-0.2, -0.15) is 0 Å². The largest absolute Gasteiger partial charge is 0.381 e. The molecule has 1 heterocycles. The molecule has 0 bridgehead atoms. The van der Waals surface area contributed by atoms with Gasteiger partial charge in [0, 0.05) is 29.7 Å². The lowest BCUT2D eigenvalue weighted by Crippen LogP contribution is -1.94. The summed E-state index contributed by atoms with van der Waals surface area (Å²) in [5.74, 6) is 2.39. The van der Waals surface area contributed by atoms with E-state index in [1.54, 1.807) is 20.1 Å². The summed E-state index contributed by atoms with van der Waals surface area (Å²) in [6, 6.07) is 5.18. The number of ether oxygens (including phenoxy) is 1. The summed E-state index contributed by atoms with van der Waals surface area (Å²) >= 11 is 1.41. The minimum Gasteiger partial charge on any atom is -0.381 e. The van der Waals surface area contributed by atoms with Crippen molar-refractivity contribution >= 4 is 17.8 Å². The molecule has 1 aromatic heterocycles. The van der Waals surface area contributed by atoms with Gasteiger partial charge in [0.25, 0.3) is 0 Å². The molecule has 3 nitrogen and oxygen atoms in total. The number of aromatic nitrogens is 2. The maximum atomic E-state index is 13.9. The van der Waals surface area contributed by atoms with Gasteiger partial charge in [-0.3, -0.25) is 0 Å². The van der Waals surface area contributed by atoms with Crippen molar-refractivity contribution in [2.45, 2.75) is 30.2 Å². The topological polar surface area (TPSA) is 35.0 Å². The van der Waals surface area contributed by atoms with Crippen LogP contribution in [-0.4, -0.2) is 23.7 Å². The van der Waals surface area contributed by atoms with E-state index in [9.17, 15) is 4.39 Å². The van der Waals surface area contributed by atoms with E-state index in [0.717, 1.165) is 26.8 Å². The van der Waals surface area contributed by atoms with E-state index in [1.165, 1.54) is 24.2 Å². The van der Waals surface area contributed by atoms with Crippen LogP contribution in [0.15, 0.2) is 64.3 Å². The van der Waals surface area contributed by atoms with Crippen molar-refractivity contribution in [1.29, 1.82) is 0 Å². The molecule has 0 fully saturated rings. The van der Waals surface area contributed by atoms with E-state index in [1.807, 2.05) is 43.4 Å². The van der Waals surface area contributed by atoms with Crippen molar-refractivity contribution in [3.63, 3.8) is 0 Å². The van der Waals surface area contributed by atoms with Crippen LogP contribution in [-0.2, 0) is 4.74 Å². The van der Waals surface area contributed by atoms with E-state index in [0.29, 0.717) is 18.6 Å². The highest BCUT2D eigenvalue weighted by atomic mass is 32.2. The molecule has 144 valence electrons. The molecule has 0 aliphatic rings. The highest BCUT2D eigenvalue weighted by Gasteiger charge is 2.09. The van der Waals surface area contributed by atoms with Crippen molar-refractivity contribution in [2.75, 3.05) is 13.7 Å². The van der Waals surface area contributed by atoms with Gasteiger partial charge in [0.15, 0.2) is 0 Å². The fraction of sp³-hybridized carbons (Fsp3) is 0.217. The monoisotopic (exact) mass is 394 g/mol. The zero-order chi connectivity index (χ0) is 20.4. The molecule has 0 saturated heterocycles. The number of nitrogens with zero attached hydrogens (tertiary/aromatic N) is 2. The minimum atomic E-state index is -0.226. The smallest absolute Gasteiger partial charge is 0.127 e. The molecular weight excluding hydrogens is 371 g/mol. The van der Waals surface area contributed by atoms with E-state index in [2.05, 4.69) is 15.9 Å². The first kappa shape index (κ1) is 21.6. The number of aryl methyl sites for hydroxylation is 2. The highest BCUT2D eigenvalue weighted by molar-refractivity contribution is 7.99. The number of methoxy groups -OCH3 is 1. The Morgan fingerprint density at radius 2 is 2.11 bits per heavy atom. The summed E-state index contributed by atoms with van der Waals surface area (Å²) in [6.07, 6.45) is 17.2. The molecule has 2 aromatic rings. The molecule has 0 aliphatic carbocycles. The zero-order valence-corrected chi connectivity index (χ0v) is 17.1. The van der Waals surface area contributed by atoms with Gasteiger partial charge in [0.2, 0.25) is 0 Å². The normalized spacial score (nSPS) is 12.0. The second kappa shape index (κ2) is 11.2. The fourth-order valence-electron chi connectivity index (χ4n) is 2.31. The predicted octanol–water partition coefficient (Wildman–Crippen LogP) is 5.55. The van der Waals surface area contributed by atoms with Crippen LogP contribution >= 0.6 is 11.8 Å². The molecule has 1 aromatic carbocycles. The van der Waals surface area contributed by atoms with Gasteiger partial charge in [0.1, 0.15) is 17.2 Å². The average molecular weight is 395 g/mol. The lowest BCUT2D eigenvalue weighted by atomic mass is 10.1. The Morgan fingerprint density at radius 3 is 2.82 bits per heavy atom. The molecule has 0 spiro atoms. The third-order valence-electron chi connectivity index (χ3n) is 3.88. The van der Waals surface area contributed by atoms with E-state index in [4.69, 9.17) is 11.2 Å². The second-order valence-electron chi connectivity index (χ2n) is 5.99. The number of allylic oxidation sites excluding steroid dienone is 4. The van der Waals surface area contributed by atoms with Gasteiger partial charge < -0.3 is 4.74 Å². The Morgan fingerprint density at radius 1 is 1.29 bits per heavy atom. The summed E-state index contributed by atoms with van der Waals surface area (Å²) in [4.78, 5) is 9.47. The first-order chi connectivity index (χ1) is 13.5. The fourth-order valence-corrected chi connectivity index (χ4v) is 3.26. The summed E-state index contributed by atoms with van der Waals surface area (Å²) in [7, 11) is 1.65. The molecular formula is C23H23FN2OS. The van der Waals surface area contributed by atoms with Gasteiger partial charge in [-0.15, -0.1) is 12.3 Å². The summed E-state index contributed by atoms with van der Waals surface area (Å²) < 4.78 is 18.9. The standard InChI is InChI=1S/C23H23FN2OS/c1-5-6-8-19(9-7-14-27-4)11-13-21-18(3)25-16-26-23(21)28-20-12-10-17(2)22(24)15-20/h1,7-13,15-16H,6,14H2,2-4H3/b9-7-,13-11+,19-8+. The van der Waals surface area contributed by atoms with Gasteiger partial charge >= 0.3 is 0 Å². The molecule has 2 rings (SSSR count). The molecule has 0 radical (unpaired) electrons. The molecule has 0 saturated carbocycles. The lowest BCUT2D eigenvalue weighted by Gasteiger charge is -2.08. The number of halogens is 1. The van der Waals surface area contributed by atoms with E-state index in [-0.39, 0.29) is 5.82 Å². The van der Waals surface area contributed by atoms with Crippen molar-refractivity contribution in [1.82, 2.24) is 9.97 Å². The highest BCUT2D eigenvalue weighted by Crippen LogP contribution is 2.31. The third-order valence-corrected chi connectivity index (χ3v) is 4.88. The van der Waals surface area contributed by atoms with Crippen molar-refractivity contribution < 1.29 is 9.13 Å². The van der Waals surface area contributed by atoms with Crippen LogP contribution in [0.4, 0.5) is 4.39 Å². The van der Waals surface area contributed by atoms with Crippen LogP contribution in [0.1, 0.15) is 23.2 Å². The maximum absolute atomic E-state index is 13.9. The molecule has 0 N–H and O–H groups in total. The maximum Gasteiger partial charge on any atom is 0.127 e. The third kappa shape index (κ3) is 6.49. The number of hydrogen-bond donors (Lipinski definition) is 0. The molecule has 0 aliphatic heterocycles. The van der Waals surface area contributed by atoms with Crippen LogP contribution in [0, 0.1) is 32.0 Å². The Balaban J connectivity index is 2.32. The number of hydrogen-bond acceptors (Lipinski definition) is 4. The van der Waals surface area contributed by atoms with Crippen molar-refractivity contribution in [2.24, 2.45) is 0 Å². The molecule has 0 atom stereocenters. The van der Waals surface area contributed by atoms with Gasteiger partial charge in [0.05, 0.1) is 6.61 Å². The molecule has 28 heavy (non-hydrogen) atoms. The second-order valence-corrected chi connectivity index (χ2v) is 7.06. The Bertz CT molecular complexity index is 942. The summed E-state index contributed by atoms with van der Waals surface area (Å²) in [5.41, 5.74) is 3.32. The molecule has 5 heteroatoms. The van der Waals surface area contributed by atoms with Gasteiger partial charge in [-0.05, 0) is 43.2 Å². The SMILES string of the molecule is C#CC/C=C(\C=C/COC)/C=C/c1c(C)ncnc1Sc1ccc(C)c(F)c1. The average Bonchev–Trinajstić information content (AvgIpc) is 2.68. The summed E-state index contributed by atoms with van der Waals surface area (Å²) in [6.45, 7) is 4.19. The Hall–Kier alpha value is -2.68. The zero-order valence-electron chi connectivity index (χ0n) is 16.3. The first-order valence-corrected chi connectivity index (χ1v) is 9.59. The predicted molar refractivity (Wildman–Crippen MR) is 114 cm³/mol. The van der Waals surface area contributed by atoms with Crippen LogP contribution in [0.2, 0.25) is 0 Å².